The van der Waals surface area contributed by atoms with Gasteiger partial charge in [-0.1, -0.05) is 0 Å². The van der Waals surface area contributed by atoms with E-state index in [2.05, 4.69) is 9.47 Å². The van der Waals surface area contributed by atoms with Crippen molar-refractivity contribution in [2.24, 2.45) is 0 Å². The van der Waals surface area contributed by atoms with Gasteiger partial charge in [0, 0.05) is 0 Å². The van der Waals surface area contributed by atoms with Crippen LogP contribution in [0.15, 0.2) is 0 Å². The molecule has 0 aromatic rings. The van der Waals surface area contributed by atoms with E-state index in [1.165, 1.54) is 0 Å². The zero-order valence-electron chi connectivity index (χ0n) is 12.8. The molecule has 0 fully saturated rings. The lowest BCUT2D eigenvalue weighted by atomic mass is 10.3. The lowest BCUT2D eigenvalue weighted by molar-refractivity contribution is -0.465. The molecule has 0 aromatic heterocycles. The van der Waals surface area contributed by atoms with Crippen molar-refractivity contribution >= 4 is 0 Å². The van der Waals surface area contributed by atoms with Crippen LogP contribution in [0.5, 0.6) is 0 Å². The van der Waals surface area contributed by atoms with Crippen molar-refractivity contribution in [1.29, 1.82) is 0 Å². The second-order valence-electron chi connectivity index (χ2n) is 4.75. The van der Waals surface area contributed by atoms with Crippen molar-refractivity contribution in [2.75, 3.05) is 13.2 Å². The van der Waals surface area contributed by atoms with Crippen LogP contribution >= 0.6 is 0 Å². The molecule has 2 atom stereocenters. The van der Waals surface area contributed by atoms with Crippen molar-refractivity contribution in [3.63, 3.8) is 0 Å². The molecule has 0 amide bonds. The Bertz CT molecular complexity index is 526. The average Bonchev–Trinajstić information content (AvgIpc) is 2.48. The van der Waals surface area contributed by atoms with Crippen LogP contribution in [-0.4, -0.2) is 62.3 Å². The second kappa shape index (κ2) is 8.48. The van der Waals surface area contributed by atoms with Gasteiger partial charge in [-0.05, 0) is 0 Å². The molecule has 0 aliphatic carbocycles. The van der Waals surface area contributed by atoms with Gasteiger partial charge in [-0.3, -0.25) is 4.74 Å². The van der Waals surface area contributed by atoms with E-state index in [1.807, 2.05) is 4.74 Å². The molecule has 0 spiro atoms. The molecule has 0 aliphatic heterocycles. The summed E-state index contributed by atoms with van der Waals surface area (Å²) in [4.78, 5) is 0. The van der Waals surface area contributed by atoms with Gasteiger partial charge in [0.05, 0.1) is 13.2 Å². The molecular weight excluding hydrogens is 472 g/mol. The first-order valence-corrected chi connectivity index (χ1v) is 6.37. The molecule has 0 aromatic carbocycles. The highest BCUT2D eigenvalue weighted by Crippen LogP contribution is 2.48. The Kier molecular flexibility index (Phi) is 8.12. The lowest BCUT2D eigenvalue weighted by Gasteiger charge is -2.30. The van der Waals surface area contributed by atoms with Crippen molar-refractivity contribution in [3.8, 4) is 0 Å². The van der Waals surface area contributed by atoms with Gasteiger partial charge < -0.3 is 9.47 Å². The normalized spacial score (nSPS) is 17.4. The van der Waals surface area contributed by atoms with Crippen molar-refractivity contribution in [1.82, 2.24) is 0 Å². The summed E-state index contributed by atoms with van der Waals surface area (Å²) in [6.45, 7) is -4.17. The number of ether oxygens (including phenoxy) is 3. The van der Waals surface area contributed by atoms with E-state index in [1.54, 1.807) is 0 Å². The first-order valence-electron chi connectivity index (χ1n) is 6.37. The standard InChI is InChI=1S/C10H6F16O3/c11-3(5(13,14)15)6(16,17)27-1-2-28-7(18,19)4(12)29-10(25,26)8(20,21)9(22,23)24/h3-4H,1-2H2. The summed E-state index contributed by atoms with van der Waals surface area (Å²) in [5.74, 6) is -7.15. The van der Waals surface area contributed by atoms with Crippen LogP contribution < -0.4 is 0 Å². The van der Waals surface area contributed by atoms with Crippen molar-refractivity contribution in [2.45, 2.75) is 49.1 Å². The van der Waals surface area contributed by atoms with Crippen LogP contribution in [0, 0.1) is 0 Å². The van der Waals surface area contributed by atoms with Gasteiger partial charge in [0.25, 0.3) is 12.5 Å². The fraction of sp³-hybridized carbons (Fsp3) is 1.00. The van der Waals surface area contributed by atoms with E-state index >= 15 is 0 Å². The molecular formula is C10H6F16O3. The average molecular weight is 478 g/mol. The number of rotatable bonds is 10. The van der Waals surface area contributed by atoms with Crippen molar-refractivity contribution < 1.29 is 84.5 Å². The summed E-state index contributed by atoms with van der Waals surface area (Å²) in [7, 11) is 0. The smallest absolute Gasteiger partial charge is 0.315 e. The van der Waals surface area contributed by atoms with E-state index in [0.717, 1.165) is 0 Å². The van der Waals surface area contributed by atoms with Gasteiger partial charge in [0.15, 0.2) is 0 Å². The molecule has 0 radical (unpaired) electrons. The van der Waals surface area contributed by atoms with Crippen LogP contribution in [0.25, 0.3) is 0 Å². The third-order valence-electron chi connectivity index (χ3n) is 2.49. The highest BCUT2D eigenvalue weighted by Gasteiger charge is 2.76. The molecule has 0 saturated heterocycles. The summed E-state index contributed by atoms with van der Waals surface area (Å²) in [6.07, 6.45) is -41.6. The Morgan fingerprint density at radius 3 is 1.31 bits per heavy atom. The fourth-order valence-electron chi connectivity index (χ4n) is 1.12. The Morgan fingerprint density at radius 2 is 0.966 bits per heavy atom. The monoisotopic (exact) mass is 478 g/mol. The van der Waals surface area contributed by atoms with Gasteiger partial charge in [-0.25, -0.2) is 8.78 Å². The summed E-state index contributed by atoms with van der Waals surface area (Å²) < 4.78 is 205. The topological polar surface area (TPSA) is 27.7 Å². The predicted molar refractivity (Wildman–Crippen MR) is 54.7 cm³/mol. The van der Waals surface area contributed by atoms with Crippen LogP contribution in [0.2, 0.25) is 0 Å². The van der Waals surface area contributed by atoms with Crippen LogP contribution in [0.1, 0.15) is 0 Å². The fourth-order valence-corrected chi connectivity index (χ4v) is 1.12. The maximum absolute atomic E-state index is 12.9. The zero-order valence-corrected chi connectivity index (χ0v) is 12.8. The van der Waals surface area contributed by atoms with E-state index in [0.29, 0.717) is 0 Å². The van der Waals surface area contributed by atoms with Crippen LogP contribution in [-0.2, 0) is 14.2 Å². The first kappa shape index (κ1) is 27.8. The highest BCUT2D eigenvalue weighted by molar-refractivity contribution is 4.85. The minimum Gasteiger partial charge on any atom is -0.315 e. The Labute approximate surface area is 148 Å². The minimum absolute atomic E-state index is 2.03. The van der Waals surface area contributed by atoms with Gasteiger partial charge in [0.1, 0.15) is 0 Å². The minimum atomic E-state index is -7.15. The second-order valence-corrected chi connectivity index (χ2v) is 4.75. The van der Waals surface area contributed by atoms with Gasteiger partial charge in [-0.15, -0.1) is 0 Å². The van der Waals surface area contributed by atoms with E-state index in [-0.39, 0.29) is 0 Å². The van der Waals surface area contributed by atoms with Gasteiger partial charge in [-0.2, -0.15) is 61.5 Å². The number of halogens is 16. The van der Waals surface area contributed by atoms with Crippen molar-refractivity contribution in [3.05, 3.63) is 0 Å². The van der Waals surface area contributed by atoms with Crippen LogP contribution in [0.4, 0.5) is 70.2 Å². The number of alkyl halides is 16. The highest BCUT2D eigenvalue weighted by atomic mass is 19.4. The molecule has 0 N–H and O–H groups in total. The molecule has 19 heteroatoms. The summed E-state index contributed by atoms with van der Waals surface area (Å²) in [5, 5.41) is 0. The third-order valence-corrected chi connectivity index (χ3v) is 2.49. The SMILES string of the molecule is FC(OC(F)(F)C(F)(F)C(F)(F)F)C(F)(F)OCCOC(F)(F)C(F)C(F)(F)F. The Morgan fingerprint density at radius 1 is 0.586 bits per heavy atom. The third kappa shape index (κ3) is 6.90. The maximum Gasteiger partial charge on any atom is 0.462 e. The molecule has 3 nitrogen and oxygen atoms in total. The molecule has 0 aliphatic rings. The molecule has 0 bridgehead atoms. The van der Waals surface area contributed by atoms with Gasteiger partial charge >= 0.3 is 36.6 Å². The summed E-state index contributed by atoms with van der Waals surface area (Å²) in [5.41, 5.74) is 0. The molecule has 29 heavy (non-hydrogen) atoms. The number of hydrogen-bond acceptors (Lipinski definition) is 3. The first-order chi connectivity index (χ1) is 12.5. The Hall–Kier alpha value is -1.24. The Balaban J connectivity index is 4.88. The predicted octanol–water partition coefficient (Wildman–Crippen LogP) is 5.21. The number of hydrogen-bond donors (Lipinski definition) is 0. The zero-order chi connectivity index (χ0) is 23.7. The summed E-state index contributed by atoms with van der Waals surface area (Å²) in [6, 6.07) is 0. The molecule has 176 valence electrons. The molecule has 0 heterocycles. The quantitative estimate of drug-likeness (QED) is 0.319. The molecule has 2 unspecified atom stereocenters. The molecule has 0 rings (SSSR count). The van der Waals surface area contributed by atoms with E-state index < -0.39 is 62.3 Å². The van der Waals surface area contributed by atoms with Gasteiger partial charge in [0.2, 0.25) is 0 Å². The molecule has 0 saturated carbocycles. The maximum atomic E-state index is 12.9. The van der Waals surface area contributed by atoms with Crippen LogP contribution in [0.3, 0.4) is 0 Å². The van der Waals surface area contributed by atoms with E-state index in [4.69, 9.17) is 0 Å². The largest absolute Gasteiger partial charge is 0.462 e. The lowest BCUT2D eigenvalue weighted by Crippen LogP contribution is -2.56. The van der Waals surface area contributed by atoms with E-state index in [9.17, 15) is 70.2 Å². The summed E-state index contributed by atoms with van der Waals surface area (Å²) >= 11 is 0.